The van der Waals surface area contributed by atoms with Crippen molar-refractivity contribution < 1.29 is 10.0 Å². The predicted molar refractivity (Wildman–Crippen MR) is 77.5 cm³/mol. The average molecular weight is 278 g/mol. The van der Waals surface area contributed by atoms with E-state index in [1.54, 1.807) is 12.1 Å². The summed E-state index contributed by atoms with van der Waals surface area (Å²) in [7, 11) is 0. The van der Waals surface area contributed by atoms with Crippen LogP contribution in [0.15, 0.2) is 24.3 Å². The molecule has 1 aliphatic rings. The molecular formula is C15H22N2O3. The fourth-order valence-corrected chi connectivity index (χ4v) is 2.88. The molecule has 110 valence electrons. The van der Waals surface area contributed by atoms with Crippen molar-refractivity contribution in [2.75, 3.05) is 6.54 Å². The smallest absolute Gasteiger partial charge is 0.274 e. The van der Waals surface area contributed by atoms with E-state index in [9.17, 15) is 15.2 Å². The molecule has 0 bridgehead atoms. The number of nitro benzene ring substituents is 1. The summed E-state index contributed by atoms with van der Waals surface area (Å²) in [5, 5.41) is 24.3. The second-order valence-corrected chi connectivity index (χ2v) is 5.56. The van der Waals surface area contributed by atoms with Crippen molar-refractivity contribution in [1.29, 1.82) is 0 Å². The minimum absolute atomic E-state index is 0.0919. The zero-order chi connectivity index (χ0) is 14.5. The molecule has 1 fully saturated rings. The maximum atomic E-state index is 11.0. The van der Waals surface area contributed by atoms with Crippen LogP contribution >= 0.6 is 0 Å². The number of nitro groups is 1. The quantitative estimate of drug-likeness (QED) is 0.641. The fraction of sp³-hybridized carbons (Fsp3) is 0.600. The van der Waals surface area contributed by atoms with Crippen molar-refractivity contribution in [3.63, 3.8) is 0 Å². The first-order chi connectivity index (χ1) is 9.59. The number of para-hydroxylation sites is 1. The lowest BCUT2D eigenvalue weighted by Crippen LogP contribution is -2.35. The van der Waals surface area contributed by atoms with Crippen LogP contribution in [0.5, 0.6) is 0 Å². The number of hydrogen-bond donors (Lipinski definition) is 2. The number of aliphatic hydroxyl groups is 1. The van der Waals surface area contributed by atoms with Crippen LogP contribution < -0.4 is 5.32 Å². The van der Waals surface area contributed by atoms with Crippen LogP contribution in [0.4, 0.5) is 5.69 Å². The minimum Gasteiger partial charge on any atom is -0.393 e. The number of rotatable bonds is 5. The van der Waals surface area contributed by atoms with E-state index in [1.807, 2.05) is 13.0 Å². The molecule has 3 atom stereocenters. The number of benzene rings is 1. The molecule has 3 unspecified atom stereocenters. The van der Waals surface area contributed by atoms with Gasteiger partial charge in [-0.3, -0.25) is 10.1 Å². The monoisotopic (exact) mass is 278 g/mol. The van der Waals surface area contributed by atoms with Gasteiger partial charge in [0.25, 0.3) is 5.69 Å². The van der Waals surface area contributed by atoms with Gasteiger partial charge in [-0.2, -0.15) is 0 Å². The molecule has 1 aromatic rings. The van der Waals surface area contributed by atoms with E-state index >= 15 is 0 Å². The van der Waals surface area contributed by atoms with Crippen molar-refractivity contribution in [2.24, 2.45) is 5.92 Å². The second kappa shape index (κ2) is 6.81. The molecule has 0 aliphatic heterocycles. The topological polar surface area (TPSA) is 75.4 Å². The predicted octanol–water partition coefficient (Wildman–Crippen LogP) is 2.80. The van der Waals surface area contributed by atoms with Gasteiger partial charge in [-0.05, 0) is 25.7 Å². The highest BCUT2D eigenvalue weighted by Crippen LogP contribution is 2.27. The van der Waals surface area contributed by atoms with Crippen LogP contribution in [0.1, 0.15) is 44.2 Å². The molecule has 20 heavy (non-hydrogen) atoms. The van der Waals surface area contributed by atoms with Crippen LogP contribution in [-0.2, 0) is 0 Å². The van der Waals surface area contributed by atoms with Gasteiger partial charge in [0.05, 0.1) is 11.0 Å². The molecular weight excluding hydrogens is 256 g/mol. The van der Waals surface area contributed by atoms with Crippen molar-refractivity contribution in [3.8, 4) is 0 Å². The lowest BCUT2D eigenvalue weighted by Gasteiger charge is -2.29. The fourth-order valence-electron chi connectivity index (χ4n) is 2.88. The molecule has 1 saturated carbocycles. The summed E-state index contributed by atoms with van der Waals surface area (Å²) in [6, 6.07) is 6.72. The Hall–Kier alpha value is -1.46. The zero-order valence-electron chi connectivity index (χ0n) is 11.8. The Bertz CT molecular complexity index is 464. The Morgan fingerprint density at radius 2 is 2.10 bits per heavy atom. The van der Waals surface area contributed by atoms with Gasteiger partial charge in [-0.25, -0.2) is 0 Å². The van der Waals surface area contributed by atoms with Crippen LogP contribution in [0.2, 0.25) is 0 Å². The molecule has 5 nitrogen and oxygen atoms in total. The number of nitrogens with zero attached hydrogens (tertiary/aromatic N) is 1. The highest BCUT2D eigenvalue weighted by molar-refractivity contribution is 5.41. The summed E-state index contributed by atoms with van der Waals surface area (Å²) in [5.74, 6) is 0.258. The van der Waals surface area contributed by atoms with Crippen LogP contribution in [0.25, 0.3) is 0 Å². The third kappa shape index (κ3) is 3.55. The summed E-state index contributed by atoms with van der Waals surface area (Å²) in [6.45, 7) is 2.63. The number of nitrogens with one attached hydrogen (secondary N) is 1. The molecule has 0 spiro atoms. The van der Waals surface area contributed by atoms with Gasteiger partial charge in [-0.15, -0.1) is 0 Å². The summed E-state index contributed by atoms with van der Waals surface area (Å²) >= 11 is 0. The van der Waals surface area contributed by atoms with E-state index in [0.29, 0.717) is 12.1 Å². The summed E-state index contributed by atoms with van der Waals surface area (Å²) in [5.41, 5.74) is 0.847. The zero-order valence-corrected chi connectivity index (χ0v) is 11.8. The average Bonchev–Trinajstić information content (AvgIpc) is 2.46. The molecule has 2 N–H and O–H groups in total. The van der Waals surface area contributed by atoms with Crippen LogP contribution in [0.3, 0.4) is 0 Å². The van der Waals surface area contributed by atoms with Gasteiger partial charge < -0.3 is 10.4 Å². The molecule has 0 aromatic heterocycles. The maximum absolute atomic E-state index is 11.0. The third-order valence-electron chi connectivity index (χ3n) is 4.16. The van der Waals surface area contributed by atoms with E-state index in [1.165, 1.54) is 6.07 Å². The molecule has 1 aliphatic carbocycles. The van der Waals surface area contributed by atoms with E-state index in [2.05, 4.69) is 5.32 Å². The number of hydrogen-bond acceptors (Lipinski definition) is 4. The highest BCUT2D eigenvalue weighted by atomic mass is 16.6. The van der Waals surface area contributed by atoms with Crippen molar-refractivity contribution in [1.82, 2.24) is 5.32 Å². The van der Waals surface area contributed by atoms with E-state index in [0.717, 1.165) is 25.7 Å². The SMILES string of the molecule is CC(NCC1CCCCC1O)c1ccccc1[N+](=O)[O-]. The minimum atomic E-state index is -0.344. The molecule has 2 rings (SSSR count). The van der Waals surface area contributed by atoms with Crippen molar-refractivity contribution >= 4 is 5.69 Å². The Kier molecular flexibility index (Phi) is 5.09. The Labute approximate surface area is 119 Å². The Morgan fingerprint density at radius 1 is 1.40 bits per heavy atom. The maximum Gasteiger partial charge on any atom is 0.274 e. The highest BCUT2D eigenvalue weighted by Gasteiger charge is 2.24. The van der Waals surface area contributed by atoms with Crippen molar-refractivity contribution in [2.45, 2.75) is 44.8 Å². The van der Waals surface area contributed by atoms with Crippen molar-refractivity contribution in [3.05, 3.63) is 39.9 Å². The lowest BCUT2D eigenvalue weighted by molar-refractivity contribution is -0.385. The molecule has 1 aromatic carbocycles. The molecule has 0 amide bonds. The third-order valence-corrected chi connectivity index (χ3v) is 4.16. The van der Waals surface area contributed by atoms with Gasteiger partial charge in [-0.1, -0.05) is 31.0 Å². The summed E-state index contributed by atoms with van der Waals surface area (Å²) in [4.78, 5) is 10.7. The Morgan fingerprint density at radius 3 is 2.80 bits per heavy atom. The first-order valence-electron chi connectivity index (χ1n) is 7.24. The van der Waals surface area contributed by atoms with E-state index < -0.39 is 0 Å². The van der Waals surface area contributed by atoms with Crippen LogP contribution in [-0.4, -0.2) is 22.7 Å². The van der Waals surface area contributed by atoms with Gasteiger partial charge in [0.1, 0.15) is 0 Å². The lowest BCUT2D eigenvalue weighted by atomic mass is 9.86. The van der Waals surface area contributed by atoms with E-state index in [-0.39, 0.29) is 28.7 Å². The molecule has 0 saturated heterocycles. The van der Waals surface area contributed by atoms with Gasteiger partial charge in [0.15, 0.2) is 0 Å². The second-order valence-electron chi connectivity index (χ2n) is 5.56. The summed E-state index contributed by atoms with van der Waals surface area (Å²) < 4.78 is 0. The van der Waals surface area contributed by atoms with E-state index in [4.69, 9.17) is 0 Å². The largest absolute Gasteiger partial charge is 0.393 e. The van der Waals surface area contributed by atoms with Gasteiger partial charge >= 0.3 is 0 Å². The normalized spacial score (nSPS) is 24.3. The van der Waals surface area contributed by atoms with Gasteiger partial charge in [0.2, 0.25) is 0 Å². The Balaban J connectivity index is 1.98. The van der Waals surface area contributed by atoms with Crippen LogP contribution in [0, 0.1) is 16.0 Å². The van der Waals surface area contributed by atoms with Gasteiger partial charge in [0, 0.05) is 24.2 Å². The molecule has 0 radical (unpaired) electrons. The first kappa shape index (κ1) is 14.9. The standard InChI is InChI=1S/C15H22N2O3/c1-11(13-7-3-4-8-14(13)17(19)20)16-10-12-6-2-5-9-15(12)18/h3-4,7-8,11-12,15-16,18H,2,5-6,9-10H2,1H3. The molecule has 0 heterocycles. The summed E-state index contributed by atoms with van der Waals surface area (Å²) in [6.07, 6.45) is 3.90. The first-order valence-corrected chi connectivity index (χ1v) is 7.24. The molecule has 5 heteroatoms. The number of aliphatic hydroxyl groups excluding tert-OH is 1.